The van der Waals surface area contributed by atoms with Gasteiger partial charge >= 0.3 is 5.97 Å². The molecule has 0 spiro atoms. The van der Waals surface area contributed by atoms with Gasteiger partial charge in [0.15, 0.2) is 0 Å². The molecule has 0 aromatic carbocycles. The molecule has 1 N–H and O–H groups in total. The Balaban J connectivity index is 3.38. The second-order valence-electron chi connectivity index (χ2n) is 3.93. The summed E-state index contributed by atoms with van der Waals surface area (Å²) in [5.41, 5.74) is 0. The van der Waals surface area contributed by atoms with Crippen molar-refractivity contribution in [3.05, 3.63) is 0 Å². The first-order valence-corrected chi connectivity index (χ1v) is 6.10. The predicted octanol–water partition coefficient (Wildman–Crippen LogP) is 1.26. The third-order valence-corrected chi connectivity index (χ3v) is 1.96. The van der Waals surface area contributed by atoms with Gasteiger partial charge in [0.2, 0.25) is 5.91 Å². The summed E-state index contributed by atoms with van der Waals surface area (Å²) in [6.45, 7) is 7.25. The first kappa shape index (κ1) is 15.9. The van der Waals surface area contributed by atoms with Crippen LogP contribution in [-0.4, -0.2) is 37.7 Å². The number of rotatable bonds is 9. The van der Waals surface area contributed by atoms with Crippen LogP contribution in [0.3, 0.4) is 0 Å². The molecule has 5 nitrogen and oxygen atoms in total. The molecule has 0 radical (unpaired) electrons. The summed E-state index contributed by atoms with van der Waals surface area (Å²) in [5, 5.41) is 2.73. The van der Waals surface area contributed by atoms with Gasteiger partial charge in [0.25, 0.3) is 0 Å². The second kappa shape index (κ2) is 10.1. The van der Waals surface area contributed by atoms with Crippen LogP contribution in [0.25, 0.3) is 0 Å². The zero-order valence-electron chi connectivity index (χ0n) is 11.0. The smallest absolute Gasteiger partial charge is 0.306 e. The highest BCUT2D eigenvalue weighted by Gasteiger charge is 2.06. The van der Waals surface area contributed by atoms with E-state index in [-0.39, 0.29) is 30.8 Å². The minimum atomic E-state index is -0.328. The number of ether oxygens (including phenoxy) is 2. The largest absolute Gasteiger partial charge is 0.466 e. The molecule has 100 valence electrons. The summed E-state index contributed by atoms with van der Waals surface area (Å²) in [5.74, 6) is -0.451. The SMILES string of the molecule is CCOC(=O)CCC(=O)NCCCOC(C)C. The number of hydrogen-bond acceptors (Lipinski definition) is 4. The third kappa shape index (κ3) is 11.2. The highest BCUT2D eigenvalue weighted by atomic mass is 16.5. The average Bonchev–Trinajstić information content (AvgIpc) is 2.26. The van der Waals surface area contributed by atoms with E-state index in [0.29, 0.717) is 19.8 Å². The van der Waals surface area contributed by atoms with E-state index in [1.165, 1.54) is 0 Å². The molecule has 5 heteroatoms. The molecule has 0 fully saturated rings. The predicted molar refractivity (Wildman–Crippen MR) is 64.6 cm³/mol. The number of nitrogens with one attached hydrogen (secondary N) is 1. The van der Waals surface area contributed by atoms with Crippen molar-refractivity contribution in [2.24, 2.45) is 0 Å². The van der Waals surface area contributed by atoms with Gasteiger partial charge in [-0.05, 0) is 27.2 Å². The Kier molecular flexibility index (Phi) is 9.43. The van der Waals surface area contributed by atoms with E-state index in [0.717, 1.165) is 6.42 Å². The molecule has 0 aromatic heterocycles. The van der Waals surface area contributed by atoms with Gasteiger partial charge in [-0.3, -0.25) is 9.59 Å². The van der Waals surface area contributed by atoms with Crippen LogP contribution in [0.1, 0.15) is 40.0 Å². The molecular weight excluding hydrogens is 222 g/mol. The van der Waals surface area contributed by atoms with Crippen molar-refractivity contribution < 1.29 is 19.1 Å². The van der Waals surface area contributed by atoms with Crippen LogP contribution in [0.2, 0.25) is 0 Å². The lowest BCUT2D eigenvalue weighted by Gasteiger charge is -2.08. The van der Waals surface area contributed by atoms with Crippen molar-refractivity contribution in [1.29, 1.82) is 0 Å². The molecule has 0 aromatic rings. The Morgan fingerprint density at radius 2 is 1.94 bits per heavy atom. The van der Waals surface area contributed by atoms with Gasteiger partial charge < -0.3 is 14.8 Å². The molecule has 0 aliphatic carbocycles. The lowest BCUT2D eigenvalue weighted by atomic mass is 10.3. The average molecular weight is 245 g/mol. The zero-order valence-corrected chi connectivity index (χ0v) is 11.0. The Hall–Kier alpha value is -1.10. The van der Waals surface area contributed by atoms with Crippen molar-refractivity contribution in [3.63, 3.8) is 0 Å². The fourth-order valence-corrected chi connectivity index (χ4v) is 1.16. The van der Waals surface area contributed by atoms with Crippen LogP contribution in [-0.2, 0) is 19.1 Å². The number of carbonyl (C=O) groups is 2. The molecule has 0 saturated heterocycles. The maximum atomic E-state index is 11.3. The maximum absolute atomic E-state index is 11.3. The zero-order chi connectivity index (χ0) is 13.1. The van der Waals surface area contributed by atoms with E-state index >= 15 is 0 Å². The maximum Gasteiger partial charge on any atom is 0.306 e. The fraction of sp³-hybridized carbons (Fsp3) is 0.833. The normalized spacial score (nSPS) is 10.4. The molecular formula is C12H23NO4. The fourth-order valence-electron chi connectivity index (χ4n) is 1.16. The molecule has 0 atom stereocenters. The van der Waals surface area contributed by atoms with Crippen LogP contribution >= 0.6 is 0 Å². The minimum Gasteiger partial charge on any atom is -0.466 e. The molecule has 0 bridgehead atoms. The van der Waals surface area contributed by atoms with Gasteiger partial charge in [0.05, 0.1) is 19.1 Å². The van der Waals surface area contributed by atoms with E-state index in [1.807, 2.05) is 13.8 Å². The van der Waals surface area contributed by atoms with E-state index in [1.54, 1.807) is 6.92 Å². The summed E-state index contributed by atoms with van der Waals surface area (Å²) < 4.78 is 10.1. The summed E-state index contributed by atoms with van der Waals surface area (Å²) >= 11 is 0. The van der Waals surface area contributed by atoms with Gasteiger partial charge in [0, 0.05) is 19.6 Å². The van der Waals surface area contributed by atoms with Gasteiger partial charge in [-0.1, -0.05) is 0 Å². The molecule has 0 unspecified atom stereocenters. The highest BCUT2D eigenvalue weighted by molar-refractivity contribution is 5.81. The Morgan fingerprint density at radius 1 is 1.24 bits per heavy atom. The summed E-state index contributed by atoms with van der Waals surface area (Å²) in [4.78, 5) is 22.3. The topological polar surface area (TPSA) is 64.6 Å². The molecule has 1 amide bonds. The van der Waals surface area contributed by atoms with Crippen molar-refractivity contribution in [1.82, 2.24) is 5.32 Å². The molecule has 0 heterocycles. The van der Waals surface area contributed by atoms with Crippen molar-refractivity contribution in [3.8, 4) is 0 Å². The van der Waals surface area contributed by atoms with Crippen molar-refractivity contribution in [2.75, 3.05) is 19.8 Å². The van der Waals surface area contributed by atoms with Gasteiger partial charge in [-0.15, -0.1) is 0 Å². The first-order valence-electron chi connectivity index (χ1n) is 6.10. The van der Waals surface area contributed by atoms with Crippen molar-refractivity contribution >= 4 is 11.9 Å². The standard InChI is InChI=1S/C12H23NO4/c1-4-16-12(15)7-6-11(14)13-8-5-9-17-10(2)3/h10H,4-9H2,1-3H3,(H,13,14). The van der Waals surface area contributed by atoms with Crippen LogP contribution in [0, 0.1) is 0 Å². The van der Waals surface area contributed by atoms with Gasteiger partial charge in [-0.2, -0.15) is 0 Å². The third-order valence-electron chi connectivity index (χ3n) is 1.96. The van der Waals surface area contributed by atoms with Crippen molar-refractivity contribution in [2.45, 2.75) is 46.1 Å². The summed E-state index contributed by atoms with van der Waals surface area (Å²) in [7, 11) is 0. The molecule has 17 heavy (non-hydrogen) atoms. The first-order chi connectivity index (χ1) is 8.06. The quantitative estimate of drug-likeness (QED) is 0.490. The van der Waals surface area contributed by atoms with Crippen LogP contribution in [0.4, 0.5) is 0 Å². The van der Waals surface area contributed by atoms with Crippen LogP contribution in [0.15, 0.2) is 0 Å². The second-order valence-corrected chi connectivity index (χ2v) is 3.93. The number of hydrogen-bond donors (Lipinski definition) is 1. The van der Waals surface area contributed by atoms with Crippen LogP contribution < -0.4 is 5.32 Å². The van der Waals surface area contributed by atoms with Gasteiger partial charge in [-0.25, -0.2) is 0 Å². The molecule has 0 aliphatic rings. The number of esters is 1. The lowest BCUT2D eigenvalue weighted by molar-refractivity contribution is -0.144. The highest BCUT2D eigenvalue weighted by Crippen LogP contribution is 1.93. The van der Waals surface area contributed by atoms with Crippen LogP contribution in [0.5, 0.6) is 0 Å². The van der Waals surface area contributed by atoms with E-state index < -0.39 is 0 Å². The summed E-state index contributed by atoms with van der Waals surface area (Å²) in [6.07, 6.45) is 1.32. The van der Waals surface area contributed by atoms with Gasteiger partial charge in [0.1, 0.15) is 0 Å². The molecule has 0 aliphatic heterocycles. The monoisotopic (exact) mass is 245 g/mol. The Morgan fingerprint density at radius 3 is 2.53 bits per heavy atom. The molecule has 0 saturated carbocycles. The van der Waals surface area contributed by atoms with E-state index in [9.17, 15) is 9.59 Å². The summed E-state index contributed by atoms with van der Waals surface area (Å²) in [6, 6.07) is 0. The number of carbonyl (C=O) groups excluding carboxylic acids is 2. The molecule has 0 rings (SSSR count). The minimum absolute atomic E-state index is 0.123. The Labute approximate surface area is 103 Å². The van der Waals surface area contributed by atoms with E-state index in [4.69, 9.17) is 9.47 Å². The Bertz CT molecular complexity index is 229. The lowest BCUT2D eigenvalue weighted by Crippen LogP contribution is -2.26. The van der Waals surface area contributed by atoms with E-state index in [2.05, 4.69) is 5.32 Å². The number of amides is 1.